The third kappa shape index (κ3) is 3.69. The average molecular weight is 586 g/mol. The summed E-state index contributed by atoms with van der Waals surface area (Å²) in [5, 5.41) is 6.11. The zero-order valence-electron chi connectivity index (χ0n) is 28.6. The lowest BCUT2D eigenvalue weighted by Gasteiger charge is -2.21. The van der Waals surface area contributed by atoms with Gasteiger partial charge < -0.3 is 0 Å². The van der Waals surface area contributed by atoms with Crippen LogP contribution in [0.5, 0.6) is 0 Å². The van der Waals surface area contributed by atoms with Gasteiger partial charge >= 0.3 is 0 Å². The average Bonchev–Trinajstić information content (AvgIpc) is 3.70. The maximum absolute atomic E-state index is 8.95. The highest BCUT2D eigenvalue weighted by Gasteiger charge is 2.22. The van der Waals surface area contributed by atoms with Crippen LogP contribution in [0, 0.1) is 0 Å². The van der Waals surface area contributed by atoms with Gasteiger partial charge in [-0.15, -0.1) is 11.3 Å². The van der Waals surface area contributed by atoms with Gasteiger partial charge in [0.15, 0.2) is 0 Å². The Morgan fingerprint density at radius 1 is 0.636 bits per heavy atom. The van der Waals surface area contributed by atoms with E-state index in [9.17, 15) is 0 Å². The van der Waals surface area contributed by atoms with Crippen molar-refractivity contribution in [3.63, 3.8) is 0 Å². The van der Waals surface area contributed by atoms with Crippen LogP contribution in [0.1, 0.15) is 19.5 Å². The molecule has 2 nitrogen and oxygen atoms in total. The first-order valence-electron chi connectivity index (χ1n) is 17.2. The van der Waals surface area contributed by atoms with E-state index in [1.165, 1.54) is 20.2 Å². The first kappa shape index (κ1) is 20.6. The monoisotopic (exact) mass is 585 g/mol. The number of aromatic nitrogens is 2. The van der Waals surface area contributed by atoms with E-state index < -0.39 is 13.2 Å². The van der Waals surface area contributed by atoms with Crippen molar-refractivity contribution in [2.45, 2.75) is 13.2 Å². The predicted molar refractivity (Wildman–Crippen MR) is 189 cm³/mol. The Labute approximate surface area is 266 Å². The number of thiophene rings is 1. The number of hydrogen-bond donors (Lipinski definition) is 0. The Kier molecular flexibility index (Phi) is 4.64. The van der Waals surface area contributed by atoms with Crippen molar-refractivity contribution in [3.05, 3.63) is 145 Å². The number of para-hydroxylation sites is 2. The summed E-state index contributed by atoms with van der Waals surface area (Å²) in [7, 11) is 0. The lowest BCUT2D eigenvalue weighted by molar-refractivity contribution is 0.917. The standard InChI is InChI=1S/C41H28N2S/c1-2-38-42-34-19-9-10-20-35(34)43(38)41-29-16-7-6-15-28(29)39(33-25-27(23-24-30(33)41)26-13-4-3-5-14-26)32-18-12-22-37-40(32)31-17-8-11-21-36(31)44-37/h3-25H,2H2,1H3/i1D3,2D2. The first-order chi connectivity index (χ1) is 23.7. The zero-order valence-corrected chi connectivity index (χ0v) is 24.4. The molecule has 2 aromatic heterocycles. The largest absolute Gasteiger partial charge is 0.295 e. The molecular formula is C41H28N2S. The zero-order chi connectivity index (χ0) is 33.5. The van der Waals surface area contributed by atoms with E-state index in [2.05, 4.69) is 83.8 Å². The fraction of sp³-hybridized carbons (Fsp3) is 0.0488. The van der Waals surface area contributed by atoms with Gasteiger partial charge in [0.05, 0.1) is 16.7 Å². The summed E-state index contributed by atoms with van der Waals surface area (Å²) in [4.78, 5) is 4.68. The quantitative estimate of drug-likeness (QED) is 0.188. The second kappa shape index (κ2) is 9.90. The molecule has 9 rings (SSSR count). The minimum atomic E-state index is -2.95. The highest BCUT2D eigenvalue weighted by atomic mass is 32.1. The van der Waals surface area contributed by atoms with E-state index in [4.69, 9.17) is 6.85 Å². The van der Waals surface area contributed by atoms with Crippen LogP contribution in [0.3, 0.4) is 0 Å². The van der Waals surface area contributed by atoms with Crippen LogP contribution >= 0.6 is 11.3 Å². The summed E-state index contributed by atoms with van der Waals surface area (Å²) < 4.78 is 46.8. The molecule has 0 amide bonds. The van der Waals surface area contributed by atoms with Gasteiger partial charge in [0.2, 0.25) is 0 Å². The number of fused-ring (bicyclic) bond motifs is 6. The van der Waals surface area contributed by atoms with Crippen molar-refractivity contribution in [2.75, 3.05) is 0 Å². The lowest BCUT2D eigenvalue weighted by atomic mass is 9.87. The smallest absolute Gasteiger partial charge is 0.114 e. The van der Waals surface area contributed by atoms with Crippen molar-refractivity contribution in [1.82, 2.24) is 9.55 Å². The molecule has 0 saturated heterocycles. The van der Waals surface area contributed by atoms with Gasteiger partial charge in [-0.3, -0.25) is 4.57 Å². The molecule has 2 heterocycles. The van der Waals surface area contributed by atoms with Crippen molar-refractivity contribution >= 4 is 64.1 Å². The number of hydrogen-bond acceptors (Lipinski definition) is 2. The molecule has 0 aliphatic rings. The molecule has 0 aliphatic heterocycles. The second-order valence-electron chi connectivity index (χ2n) is 11.1. The maximum atomic E-state index is 8.95. The van der Waals surface area contributed by atoms with E-state index in [-0.39, 0.29) is 5.82 Å². The molecule has 0 N–H and O–H groups in total. The lowest BCUT2D eigenvalue weighted by Crippen LogP contribution is -2.03. The van der Waals surface area contributed by atoms with Crippen molar-refractivity contribution in [3.8, 4) is 27.9 Å². The first-order valence-corrected chi connectivity index (χ1v) is 15.5. The van der Waals surface area contributed by atoms with Crippen molar-refractivity contribution in [1.29, 1.82) is 0 Å². The van der Waals surface area contributed by atoms with Gasteiger partial charge in [-0.2, -0.15) is 0 Å². The number of benzene rings is 7. The minimum absolute atomic E-state index is 0.147. The molecule has 9 aromatic rings. The van der Waals surface area contributed by atoms with Crippen LogP contribution < -0.4 is 0 Å². The number of imidazole rings is 1. The fourth-order valence-corrected chi connectivity index (χ4v) is 7.95. The summed E-state index contributed by atoms with van der Waals surface area (Å²) in [5.74, 6) is -0.147. The van der Waals surface area contributed by atoms with Crippen LogP contribution in [0.25, 0.3) is 80.7 Å². The maximum Gasteiger partial charge on any atom is 0.114 e. The summed E-state index contributed by atoms with van der Waals surface area (Å²) in [5.41, 5.74) is 6.19. The van der Waals surface area contributed by atoms with Gasteiger partial charge in [-0.1, -0.05) is 116 Å². The van der Waals surface area contributed by atoms with Gasteiger partial charge in [0.1, 0.15) is 5.82 Å². The molecule has 0 fully saturated rings. The number of aryl methyl sites for hydroxylation is 1. The topological polar surface area (TPSA) is 17.8 Å². The van der Waals surface area contributed by atoms with Crippen molar-refractivity contribution < 1.29 is 6.85 Å². The van der Waals surface area contributed by atoms with Gasteiger partial charge in [0.25, 0.3) is 0 Å². The van der Waals surface area contributed by atoms with E-state index >= 15 is 0 Å². The van der Waals surface area contributed by atoms with Crippen LogP contribution in [0.15, 0.2) is 140 Å². The Bertz CT molecular complexity index is 2740. The van der Waals surface area contributed by atoms with Crippen LogP contribution in [0.4, 0.5) is 0 Å². The minimum Gasteiger partial charge on any atom is -0.295 e. The summed E-state index contributed by atoms with van der Waals surface area (Å²) in [6.45, 7) is -2.95. The molecule has 3 heteroatoms. The van der Waals surface area contributed by atoms with Crippen molar-refractivity contribution in [2.24, 2.45) is 0 Å². The molecule has 7 aromatic carbocycles. The molecule has 0 aliphatic carbocycles. The molecule has 0 saturated carbocycles. The molecule has 208 valence electrons. The Hall–Kier alpha value is -5.25. The molecule has 0 radical (unpaired) electrons. The molecule has 0 unspecified atom stereocenters. The van der Waals surface area contributed by atoms with Gasteiger partial charge in [-0.25, -0.2) is 4.98 Å². The predicted octanol–water partition coefficient (Wildman–Crippen LogP) is 11.6. The number of rotatable bonds is 4. The molecule has 0 atom stereocenters. The van der Waals surface area contributed by atoms with Crippen LogP contribution in [-0.4, -0.2) is 9.55 Å². The summed E-state index contributed by atoms with van der Waals surface area (Å²) in [6.07, 6.45) is -2.73. The molecule has 44 heavy (non-hydrogen) atoms. The van der Waals surface area contributed by atoms with Crippen LogP contribution in [-0.2, 0) is 6.37 Å². The number of nitrogens with zero attached hydrogens (tertiary/aromatic N) is 2. The fourth-order valence-electron chi connectivity index (χ4n) is 6.82. The summed E-state index contributed by atoms with van der Waals surface area (Å²) in [6, 6.07) is 47.3. The normalized spacial score (nSPS) is 14.1. The van der Waals surface area contributed by atoms with E-state index in [1.807, 2.05) is 54.6 Å². The van der Waals surface area contributed by atoms with Gasteiger partial charge in [-0.05, 0) is 63.4 Å². The Morgan fingerprint density at radius 2 is 1.36 bits per heavy atom. The highest BCUT2D eigenvalue weighted by molar-refractivity contribution is 7.25. The highest BCUT2D eigenvalue weighted by Crippen LogP contribution is 2.47. The third-order valence-corrected chi connectivity index (χ3v) is 9.81. The van der Waals surface area contributed by atoms with E-state index in [0.717, 1.165) is 43.8 Å². The Balaban J connectivity index is 1.50. The SMILES string of the molecule is [2H]C([2H])([2H])C([2H])([2H])c1nc2ccccc2n1-c1c2ccccc2c(-c2cccc3sc4ccccc4c23)c2cc(-c3ccccc3)ccc12. The van der Waals surface area contributed by atoms with E-state index in [0.29, 0.717) is 16.7 Å². The Morgan fingerprint density at radius 3 is 2.25 bits per heavy atom. The molecular weight excluding hydrogens is 553 g/mol. The van der Waals surface area contributed by atoms with E-state index in [1.54, 1.807) is 22.0 Å². The summed E-state index contributed by atoms with van der Waals surface area (Å²) >= 11 is 1.78. The molecule has 0 bridgehead atoms. The second-order valence-corrected chi connectivity index (χ2v) is 12.1. The molecule has 0 spiro atoms. The third-order valence-electron chi connectivity index (χ3n) is 8.67. The van der Waals surface area contributed by atoms with Gasteiger partial charge in [0, 0.05) is 44.2 Å². The van der Waals surface area contributed by atoms with Crippen LogP contribution in [0.2, 0.25) is 0 Å².